The number of rotatable bonds is 9. The molecule has 0 heterocycles. The summed E-state index contributed by atoms with van der Waals surface area (Å²) >= 11 is 0. The summed E-state index contributed by atoms with van der Waals surface area (Å²) in [6.07, 6.45) is 1.95. The second-order valence-electron chi connectivity index (χ2n) is 5.94. The lowest BCUT2D eigenvalue weighted by molar-refractivity contribution is -0.122. The van der Waals surface area contributed by atoms with Crippen LogP contribution in [0.4, 0.5) is 5.69 Å². The summed E-state index contributed by atoms with van der Waals surface area (Å²) in [5.74, 6) is 0.683. The average Bonchev–Trinajstić information content (AvgIpc) is 2.45. The van der Waals surface area contributed by atoms with Crippen LogP contribution in [-0.4, -0.2) is 30.8 Å². The fraction of sp³-hybridized carbons (Fsp3) is 0.562. The molecule has 1 amide bonds. The van der Waals surface area contributed by atoms with Crippen LogP contribution in [0.1, 0.15) is 33.1 Å². The van der Waals surface area contributed by atoms with Gasteiger partial charge >= 0.3 is 0 Å². The third kappa shape index (κ3) is 7.56. The summed E-state index contributed by atoms with van der Waals surface area (Å²) in [7, 11) is 0. The molecule has 118 valence electrons. The van der Waals surface area contributed by atoms with Crippen molar-refractivity contribution in [3.05, 3.63) is 24.3 Å². The molecule has 0 aliphatic rings. The number of amides is 1. The van der Waals surface area contributed by atoms with Crippen LogP contribution in [0.5, 0.6) is 5.75 Å². The molecule has 0 unspecified atom stereocenters. The highest BCUT2D eigenvalue weighted by molar-refractivity contribution is 5.76. The minimum absolute atomic E-state index is 0.00377. The van der Waals surface area contributed by atoms with E-state index in [1.165, 1.54) is 0 Å². The summed E-state index contributed by atoms with van der Waals surface area (Å²) in [6.45, 7) is 5.29. The first-order valence-electron chi connectivity index (χ1n) is 7.29. The molecule has 1 aromatic rings. The highest BCUT2D eigenvalue weighted by Gasteiger charge is 2.18. The number of nitrogens with one attached hydrogen (secondary N) is 1. The van der Waals surface area contributed by atoms with Gasteiger partial charge in [0.05, 0.1) is 13.0 Å². The molecule has 0 aromatic heterocycles. The Kier molecular flexibility index (Phi) is 7.02. The van der Waals surface area contributed by atoms with Gasteiger partial charge in [-0.1, -0.05) is 13.8 Å². The van der Waals surface area contributed by atoms with Crippen LogP contribution in [0.15, 0.2) is 24.3 Å². The zero-order valence-electron chi connectivity index (χ0n) is 12.9. The Morgan fingerprint density at radius 3 is 2.62 bits per heavy atom. The van der Waals surface area contributed by atoms with Gasteiger partial charge < -0.3 is 20.9 Å². The Balaban J connectivity index is 2.20. The number of carbonyl (C=O) groups excluding carboxylic acids is 1. The van der Waals surface area contributed by atoms with Gasteiger partial charge in [0.15, 0.2) is 0 Å². The third-order valence-corrected chi connectivity index (χ3v) is 3.25. The van der Waals surface area contributed by atoms with Crippen LogP contribution in [-0.2, 0) is 4.79 Å². The lowest BCUT2D eigenvalue weighted by atomic mass is 9.88. The molecule has 5 heteroatoms. The lowest BCUT2D eigenvalue weighted by Crippen LogP contribution is -2.34. The number of aliphatic hydroxyl groups excluding tert-OH is 1. The smallest absolute Gasteiger partial charge is 0.223 e. The number of aliphatic hydroxyl groups is 1. The zero-order valence-corrected chi connectivity index (χ0v) is 12.9. The van der Waals surface area contributed by atoms with E-state index in [1.54, 1.807) is 24.3 Å². The Morgan fingerprint density at radius 2 is 2.00 bits per heavy atom. The highest BCUT2D eigenvalue weighted by Crippen LogP contribution is 2.20. The van der Waals surface area contributed by atoms with Crippen molar-refractivity contribution in [2.75, 3.05) is 25.5 Å². The van der Waals surface area contributed by atoms with E-state index in [1.807, 2.05) is 0 Å². The molecule has 1 rings (SSSR count). The quantitative estimate of drug-likeness (QED) is 0.608. The number of benzene rings is 1. The van der Waals surface area contributed by atoms with Crippen LogP contribution in [0.3, 0.4) is 0 Å². The molecule has 0 bridgehead atoms. The maximum atomic E-state index is 11.7. The lowest BCUT2D eigenvalue weighted by Gasteiger charge is -2.24. The molecule has 0 radical (unpaired) electrons. The van der Waals surface area contributed by atoms with Crippen LogP contribution < -0.4 is 15.8 Å². The Labute approximate surface area is 126 Å². The van der Waals surface area contributed by atoms with Gasteiger partial charge in [-0.3, -0.25) is 4.79 Å². The first kappa shape index (κ1) is 17.3. The fourth-order valence-corrected chi connectivity index (χ4v) is 1.90. The normalized spacial score (nSPS) is 11.2. The molecule has 0 atom stereocenters. The summed E-state index contributed by atoms with van der Waals surface area (Å²) in [6, 6.07) is 7.09. The largest absolute Gasteiger partial charge is 0.493 e. The molecule has 0 saturated carbocycles. The fourth-order valence-electron chi connectivity index (χ4n) is 1.90. The maximum absolute atomic E-state index is 11.7. The van der Waals surface area contributed by atoms with Crippen molar-refractivity contribution in [2.24, 2.45) is 5.41 Å². The van der Waals surface area contributed by atoms with Gasteiger partial charge in [0.1, 0.15) is 5.75 Å². The number of anilines is 1. The van der Waals surface area contributed by atoms with E-state index in [9.17, 15) is 4.79 Å². The molecule has 1 aromatic carbocycles. The number of carbonyl (C=O) groups is 1. The Hall–Kier alpha value is -1.75. The van der Waals surface area contributed by atoms with Gasteiger partial charge in [0.2, 0.25) is 5.91 Å². The van der Waals surface area contributed by atoms with Crippen molar-refractivity contribution in [3.8, 4) is 5.75 Å². The Morgan fingerprint density at radius 1 is 1.33 bits per heavy atom. The van der Waals surface area contributed by atoms with Gasteiger partial charge in [-0.25, -0.2) is 0 Å². The molecular weight excluding hydrogens is 268 g/mol. The summed E-state index contributed by atoms with van der Waals surface area (Å²) in [4.78, 5) is 11.7. The van der Waals surface area contributed by atoms with E-state index in [0.717, 1.165) is 12.8 Å². The first-order chi connectivity index (χ1) is 9.93. The number of nitrogens with two attached hydrogens (primary N) is 1. The second kappa shape index (κ2) is 8.52. The van der Waals surface area contributed by atoms with Crippen molar-refractivity contribution in [1.29, 1.82) is 0 Å². The van der Waals surface area contributed by atoms with Crippen molar-refractivity contribution in [1.82, 2.24) is 5.32 Å². The van der Waals surface area contributed by atoms with Crippen LogP contribution in [0, 0.1) is 5.41 Å². The standard InChI is InChI=1S/C16H26N2O3/c1-16(2,9-3-10-19)12-18-15(20)8-11-21-14-6-4-13(17)5-7-14/h4-7,19H,3,8-12,17H2,1-2H3,(H,18,20). The summed E-state index contributed by atoms with van der Waals surface area (Å²) < 4.78 is 5.48. The average molecular weight is 294 g/mol. The minimum atomic E-state index is -0.0254. The summed E-state index contributed by atoms with van der Waals surface area (Å²) in [5.41, 5.74) is 6.26. The van der Waals surface area contributed by atoms with Crippen molar-refractivity contribution in [2.45, 2.75) is 33.1 Å². The molecule has 5 nitrogen and oxygen atoms in total. The van der Waals surface area contributed by atoms with Gasteiger partial charge in [-0.2, -0.15) is 0 Å². The molecule has 21 heavy (non-hydrogen) atoms. The van der Waals surface area contributed by atoms with E-state index in [0.29, 0.717) is 31.0 Å². The second-order valence-corrected chi connectivity index (χ2v) is 5.94. The first-order valence-corrected chi connectivity index (χ1v) is 7.29. The van der Waals surface area contributed by atoms with E-state index in [2.05, 4.69) is 19.2 Å². The van der Waals surface area contributed by atoms with Crippen LogP contribution >= 0.6 is 0 Å². The number of hydrogen-bond donors (Lipinski definition) is 3. The van der Waals surface area contributed by atoms with Gasteiger partial charge in [-0.15, -0.1) is 0 Å². The van der Waals surface area contributed by atoms with E-state index in [-0.39, 0.29) is 17.9 Å². The van der Waals surface area contributed by atoms with E-state index in [4.69, 9.17) is 15.6 Å². The molecule has 0 saturated heterocycles. The van der Waals surface area contributed by atoms with Gasteiger partial charge in [0.25, 0.3) is 0 Å². The predicted molar refractivity (Wildman–Crippen MR) is 84.1 cm³/mol. The highest BCUT2D eigenvalue weighted by atomic mass is 16.5. The van der Waals surface area contributed by atoms with Crippen LogP contribution in [0.25, 0.3) is 0 Å². The zero-order chi connectivity index (χ0) is 15.7. The van der Waals surface area contributed by atoms with Crippen molar-refractivity contribution < 1.29 is 14.6 Å². The number of hydrogen-bond acceptors (Lipinski definition) is 4. The SMILES string of the molecule is CC(C)(CCCO)CNC(=O)CCOc1ccc(N)cc1. The van der Waals surface area contributed by atoms with E-state index >= 15 is 0 Å². The summed E-state index contributed by atoms with van der Waals surface area (Å²) in [5, 5.41) is 11.7. The predicted octanol–water partition coefficient (Wildman–Crippen LogP) is 1.95. The van der Waals surface area contributed by atoms with Crippen molar-refractivity contribution >= 4 is 11.6 Å². The molecule has 0 fully saturated rings. The van der Waals surface area contributed by atoms with Crippen LogP contribution in [0.2, 0.25) is 0 Å². The number of ether oxygens (including phenoxy) is 1. The van der Waals surface area contributed by atoms with Gasteiger partial charge in [0, 0.05) is 18.8 Å². The van der Waals surface area contributed by atoms with Gasteiger partial charge in [-0.05, 0) is 42.5 Å². The number of nitrogen functional groups attached to an aromatic ring is 1. The maximum Gasteiger partial charge on any atom is 0.223 e. The monoisotopic (exact) mass is 294 g/mol. The van der Waals surface area contributed by atoms with Crippen molar-refractivity contribution in [3.63, 3.8) is 0 Å². The molecule has 0 aliphatic carbocycles. The molecular formula is C16H26N2O3. The van der Waals surface area contributed by atoms with E-state index < -0.39 is 0 Å². The topological polar surface area (TPSA) is 84.6 Å². The molecule has 0 aliphatic heterocycles. The molecule has 0 spiro atoms. The Bertz CT molecular complexity index is 430. The minimum Gasteiger partial charge on any atom is -0.493 e. The third-order valence-electron chi connectivity index (χ3n) is 3.25. The molecule has 4 N–H and O–H groups in total.